The van der Waals surface area contributed by atoms with Crippen molar-refractivity contribution >= 4 is 11.8 Å². The summed E-state index contributed by atoms with van der Waals surface area (Å²) in [4.78, 5) is 1.37. The smallest absolute Gasteiger partial charge is 0.0588 e. The molecule has 1 unspecified atom stereocenters. The van der Waals surface area contributed by atoms with Crippen molar-refractivity contribution in [2.24, 2.45) is 0 Å². The second-order valence-corrected chi connectivity index (χ2v) is 6.15. The summed E-state index contributed by atoms with van der Waals surface area (Å²) in [7, 11) is 0. The Morgan fingerprint density at radius 2 is 2.17 bits per heavy atom. The van der Waals surface area contributed by atoms with Crippen molar-refractivity contribution in [3.05, 3.63) is 29.8 Å². The first-order valence-corrected chi connectivity index (χ1v) is 7.80. The van der Waals surface area contributed by atoms with Crippen LogP contribution in [0, 0.1) is 0 Å². The molecule has 1 aliphatic rings. The average molecular weight is 265 g/mol. The summed E-state index contributed by atoms with van der Waals surface area (Å²) in [6.45, 7) is 6.11. The van der Waals surface area contributed by atoms with E-state index in [1.807, 2.05) is 11.8 Å². The molecule has 18 heavy (non-hydrogen) atoms. The molecule has 1 aliphatic heterocycles. The molecular formula is C15H23NOS. The van der Waals surface area contributed by atoms with Gasteiger partial charge in [-0.1, -0.05) is 19.1 Å². The second kappa shape index (κ2) is 7.82. The average Bonchev–Trinajstić information content (AvgIpc) is 2.42. The van der Waals surface area contributed by atoms with Gasteiger partial charge in [0.1, 0.15) is 0 Å². The maximum absolute atomic E-state index is 5.51. The molecule has 3 heteroatoms. The van der Waals surface area contributed by atoms with Crippen LogP contribution in [0.25, 0.3) is 0 Å². The van der Waals surface area contributed by atoms with Crippen molar-refractivity contribution in [3.8, 4) is 0 Å². The maximum atomic E-state index is 5.51. The minimum atomic E-state index is 0.641. The van der Waals surface area contributed by atoms with E-state index in [2.05, 4.69) is 36.5 Å². The molecular weight excluding hydrogens is 242 g/mol. The van der Waals surface area contributed by atoms with Crippen molar-refractivity contribution in [3.63, 3.8) is 0 Å². The molecule has 0 spiro atoms. The summed E-state index contributed by atoms with van der Waals surface area (Å²) in [5.41, 5.74) is 1.37. The molecule has 2 rings (SSSR count). The quantitative estimate of drug-likeness (QED) is 0.796. The van der Waals surface area contributed by atoms with E-state index in [1.54, 1.807) is 0 Å². The van der Waals surface area contributed by atoms with Crippen LogP contribution in [0.5, 0.6) is 0 Å². The summed E-state index contributed by atoms with van der Waals surface area (Å²) >= 11 is 1.96. The number of hydrogen-bond acceptors (Lipinski definition) is 3. The molecule has 1 atom stereocenters. The normalized spacial score (nSPS) is 19.9. The Morgan fingerprint density at radius 1 is 1.33 bits per heavy atom. The van der Waals surface area contributed by atoms with Crippen LogP contribution >= 0.6 is 11.8 Å². The number of rotatable bonds is 6. The standard InChI is InChI=1S/C15H23NOS/c1-2-9-16-11-13-5-7-14(8-6-13)18-15-4-3-10-17-12-15/h5-8,15-16H,2-4,9-12H2,1H3. The Bertz CT molecular complexity index is 333. The zero-order valence-electron chi connectivity index (χ0n) is 11.2. The molecule has 1 saturated heterocycles. The Labute approximate surface area is 114 Å². The maximum Gasteiger partial charge on any atom is 0.0588 e. The number of ether oxygens (including phenoxy) is 1. The topological polar surface area (TPSA) is 21.3 Å². The van der Waals surface area contributed by atoms with Crippen molar-refractivity contribution in [2.75, 3.05) is 19.8 Å². The van der Waals surface area contributed by atoms with Gasteiger partial charge in [-0.25, -0.2) is 0 Å². The van der Waals surface area contributed by atoms with Gasteiger partial charge in [0.05, 0.1) is 6.61 Å². The lowest BCUT2D eigenvalue weighted by molar-refractivity contribution is 0.101. The predicted octanol–water partition coefficient (Wildman–Crippen LogP) is 3.46. The van der Waals surface area contributed by atoms with Gasteiger partial charge < -0.3 is 10.1 Å². The molecule has 0 aromatic heterocycles. The van der Waals surface area contributed by atoms with E-state index in [0.717, 1.165) is 26.3 Å². The van der Waals surface area contributed by atoms with Gasteiger partial charge in [-0.3, -0.25) is 0 Å². The molecule has 100 valence electrons. The van der Waals surface area contributed by atoms with Crippen LogP contribution in [-0.4, -0.2) is 25.0 Å². The molecule has 0 radical (unpaired) electrons. The van der Waals surface area contributed by atoms with Crippen molar-refractivity contribution in [1.82, 2.24) is 5.32 Å². The van der Waals surface area contributed by atoms with Crippen molar-refractivity contribution in [2.45, 2.75) is 42.9 Å². The van der Waals surface area contributed by atoms with E-state index >= 15 is 0 Å². The van der Waals surface area contributed by atoms with Crippen LogP contribution in [0.15, 0.2) is 29.2 Å². The first-order valence-electron chi connectivity index (χ1n) is 6.92. The van der Waals surface area contributed by atoms with Gasteiger partial charge >= 0.3 is 0 Å². The Kier molecular flexibility index (Phi) is 6.05. The highest BCUT2D eigenvalue weighted by atomic mass is 32.2. The zero-order valence-corrected chi connectivity index (χ0v) is 12.0. The van der Waals surface area contributed by atoms with Gasteiger partial charge in [0, 0.05) is 23.3 Å². The third-order valence-corrected chi connectivity index (χ3v) is 4.35. The molecule has 1 fully saturated rings. The number of thioether (sulfide) groups is 1. The fourth-order valence-electron chi connectivity index (χ4n) is 2.09. The van der Waals surface area contributed by atoms with Gasteiger partial charge in [0.2, 0.25) is 0 Å². The first kappa shape index (κ1) is 13.9. The Balaban J connectivity index is 1.79. The summed E-state index contributed by atoms with van der Waals surface area (Å²) < 4.78 is 5.51. The summed E-state index contributed by atoms with van der Waals surface area (Å²) in [5, 5.41) is 4.07. The van der Waals surface area contributed by atoms with Crippen molar-refractivity contribution in [1.29, 1.82) is 0 Å². The third kappa shape index (κ3) is 4.63. The summed E-state index contributed by atoms with van der Waals surface area (Å²) in [6, 6.07) is 8.94. The number of hydrogen-bond donors (Lipinski definition) is 1. The highest BCUT2D eigenvalue weighted by molar-refractivity contribution is 8.00. The van der Waals surface area contributed by atoms with Crippen LogP contribution in [-0.2, 0) is 11.3 Å². The van der Waals surface area contributed by atoms with E-state index in [1.165, 1.54) is 29.7 Å². The minimum absolute atomic E-state index is 0.641. The molecule has 0 aliphatic carbocycles. The van der Waals surface area contributed by atoms with Crippen LogP contribution in [0.2, 0.25) is 0 Å². The third-order valence-electron chi connectivity index (χ3n) is 3.10. The second-order valence-electron chi connectivity index (χ2n) is 4.78. The van der Waals surface area contributed by atoms with E-state index < -0.39 is 0 Å². The van der Waals surface area contributed by atoms with E-state index in [9.17, 15) is 0 Å². The fourth-order valence-corrected chi connectivity index (χ4v) is 3.22. The number of benzene rings is 1. The van der Waals surface area contributed by atoms with Gasteiger partial charge in [0.25, 0.3) is 0 Å². The molecule has 0 amide bonds. The van der Waals surface area contributed by atoms with E-state index in [-0.39, 0.29) is 0 Å². The van der Waals surface area contributed by atoms with Gasteiger partial charge in [-0.05, 0) is 43.5 Å². The van der Waals surface area contributed by atoms with Crippen LogP contribution in [0.4, 0.5) is 0 Å². The van der Waals surface area contributed by atoms with Crippen molar-refractivity contribution < 1.29 is 4.74 Å². The molecule has 2 nitrogen and oxygen atoms in total. The number of nitrogens with one attached hydrogen (secondary N) is 1. The fraction of sp³-hybridized carbons (Fsp3) is 0.600. The molecule has 1 aromatic rings. The zero-order chi connectivity index (χ0) is 12.6. The predicted molar refractivity (Wildman–Crippen MR) is 78.1 cm³/mol. The lowest BCUT2D eigenvalue weighted by atomic mass is 10.2. The summed E-state index contributed by atoms with van der Waals surface area (Å²) in [5.74, 6) is 0. The van der Waals surface area contributed by atoms with Gasteiger partial charge in [-0.15, -0.1) is 11.8 Å². The molecule has 1 heterocycles. The SMILES string of the molecule is CCCNCc1ccc(SC2CCCOC2)cc1. The van der Waals surface area contributed by atoms with Gasteiger partial charge in [-0.2, -0.15) is 0 Å². The molecule has 0 saturated carbocycles. The van der Waals surface area contributed by atoms with E-state index in [0.29, 0.717) is 5.25 Å². The molecule has 0 bridgehead atoms. The highest BCUT2D eigenvalue weighted by Gasteiger charge is 2.14. The molecule has 1 aromatic carbocycles. The van der Waals surface area contributed by atoms with Crippen LogP contribution < -0.4 is 5.32 Å². The molecule has 1 N–H and O–H groups in total. The van der Waals surface area contributed by atoms with Crippen LogP contribution in [0.3, 0.4) is 0 Å². The Morgan fingerprint density at radius 3 is 2.83 bits per heavy atom. The summed E-state index contributed by atoms with van der Waals surface area (Å²) in [6.07, 6.45) is 3.68. The first-order chi connectivity index (χ1) is 8.88. The minimum Gasteiger partial charge on any atom is -0.380 e. The highest BCUT2D eigenvalue weighted by Crippen LogP contribution is 2.28. The monoisotopic (exact) mass is 265 g/mol. The lowest BCUT2D eigenvalue weighted by Gasteiger charge is -2.21. The van der Waals surface area contributed by atoms with Crippen LogP contribution in [0.1, 0.15) is 31.7 Å². The van der Waals surface area contributed by atoms with Gasteiger partial charge in [0.15, 0.2) is 0 Å². The van der Waals surface area contributed by atoms with E-state index in [4.69, 9.17) is 4.74 Å². The Hall–Kier alpha value is -0.510. The largest absolute Gasteiger partial charge is 0.380 e. The lowest BCUT2D eigenvalue weighted by Crippen LogP contribution is -2.19.